The fourth-order valence-corrected chi connectivity index (χ4v) is 4.07. The highest BCUT2D eigenvalue weighted by Gasteiger charge is 2.29. The summed E-state index contributed by atoms with van der Waals surface area (Å²) < 4.78 is 31.0. The number of hydrogen-bond acceptors (Lipinski definition) is 4. The average molecular weight is 346 g/mol. The van der Waals surface area contributed by atoms with Gasteiger partial charge in [-0.2, -0.15) is 0 Å². The minimum absolute atomic E-state index is 0.0113. The molecule has 0 spiro atoms. The van der Waals surface area contributed by atoms with E-state index in [1.54, 1.807) is 4.90 Å². The third-order valence-electron chi connectivity index (χ3n) is 4.98. The maximum absolute atomic E-state index is 12.5. The van der Waals surface area contributed by atoms with E-state index in [-0.39, 0.29) is 24.7 Å². The zero-order valence-electron chi connectivity index (χ0n) is 14.3. The molecule has 1 amide bonds. The third kappa shape index (κ3) is 6.04. The van der Waals surface area contributed by atoms with Crippen LogP contribution < -0.4 is 4.72 Å². The molecule has 1 heterocycles. The monoisotopic (exact) mass is 346 g/mol. The van der Waals surface area contributed by atoms with E-state index >= 15 is 0 Å². The van der Waals surface area contributed by atoms with Crippen molar-refractivity contribution in [2.45, 2.75) is 64.0 Å². The Morgan fingerprint density at radius 1 is 1.17 bits per heavy atom. The molecule has 2 rings (SSSR count). The SMILES string of the molecule is C[C@@H]1CCCC[C@H]1OCC(=O)N1CCCC[C@H]1CNS(C)(=O)=O. The molecule has 134 valence electrons. The highest BCUT2D eigenvalue weighted by Crippen LogP contribution is 2.26. The molecular formula is C16H30N2O4S. The van der Waals surface area contributed by atoms with Gasteiger partial charge in [0.2, 0.25) is 15.9 Å². The minimum atomic E-state index is -3.23. The molecule has 0 aromatic carbocycles. The van der Waals surface area contributed by atoms with Crippen LogP contribution in [0.1, 0.15) is 51.9 Å². The fourth-order valence-electron chi connectivity index (χ4n) is 3.58. The van der Waals surface area contributed by atoms with Crippen LogP contribution in [-0.2, 0) is 19.6 Å². The van der Waals surface area contributed by atoms with Crippen LogP contribution in [0.2, 0.25) is 0 Å². The zero-order valence-corrected chi connectivity index (χ0v) is 15.1. The van der Waals surface area contributed by atoms with Crippen LogP contribution in [0.15, 0.2) is 0 Å². The molecule has 0 unspecified atom stereocenters. The first-order valence-corrected chi connectivity index (χ1v) is 10.6. The molecule has 7 heteroatoms. The van der Waals surface area contributed by atoms with Gasteiger partial charge >= 0.3 is 0 Å². The normalized spacial score (nSPS) is 29.5. The lowest BCUT2D eigenvalue weighted by atomic mass is 9.88. The van der Waals surface area contributed by atoms with Crippen LogP contribution in [0.25, 0.3) is 0 Å². The molecule has 23 heavy (non-hydrogen) atoms. The van der Waals surface area contributed by atoms with E-state index in [1.807, 2.05) is 0 Å². The van der Waals surface area contributed by atoms with Crippen LogP contribution in [0.3, 0.4) is 0 Å². The van der Waals surface area contributed by atoms with E-state index in [2.05, 4.69) is 11.6 Å². The molecule has 2 fully saturated rings. The second kappa shape index (κ2) is 8.44. The second-order valence-electron chi connectivity index (χ2n) is 6.97. The van der Waals surface area contributed by atoms with Crippen molar-refractivity contribution in [3.8, 4) is 0 Å². The van der Waals surface area contributed by atoms with E-state index in [4.69, 9.17) is 4.74 Å². The van der Waals surface area contributed by atoms with E-state index in [0.717, 1.165) is 31.9 Å². The van der Waals surface area contributed by atoms with Crippen molar-refractivity contribution >= 4 is 15.9 Å². The summed E-state index contributed by atoms with van der Waals surface area (Å²) in [6, 6.07) is -0.0571. The topological polar surface area (TPSA) is 75.7 Å². The Balaban J connectivity index is 1.84. The van der Waals surface area contributed by atoms with E-state index in [9.17, 15) is 13.2 Å². The number of nitrogens with one attached hydrogen (secondary N) is 1. The van der Waals surface area contributed by atoms with Gasteiger partial charge in [0.25, 0.3) is 0 Å². The van der Waals surface area contributed by atoms with Crippen LogP contribution in [0.5, 0.6) is 0 Å². The van der Waals surface area contributed by atoms with Crippen LogP contribution >= 0.6 is 0 Å². The number of carbonyl (C=O) groups is 1. The first kappa shape index (κ1) is 18.7. The molecule has 1 aliphatic carbocycles. The Morgan fingerprint density at radius 2 is 1.87 bits per heavy atom. The summed E-state index contributed by atoms with van der Waals surface area (Å²) >= 11 is 0. The Morgan fingerprint density at radius 3 is 2.57 bits per heavy atom. The molecule has 0 radical (unpaired) electrons. The van der Waals surface area contributed by atoms with Crippen molar-refractivity contribution in [2.75, 3.05) is 26.0 Å². The summed E-state index contributed by atoms with van der Waals surface area (Å²) in [5.74, 6) is 0.503. The van der Waals surface area contributed by atoms with Crippen molar-refractivity contribution in [1.82, 2.24) is 9.62 Å². The van der Waals surface area contributed by atoms with Gasteiger partial charge in [-0.3, -0.25) is 4.79 Å². The van der Waals surface area contributed by atoms with Crippen molar-refractivity contribution in [3.63, 3.8) is 0 Å². The summed E-state index contributed by atoms with van der Waals surface area (Å²) in [5.41, 5.74) is 0. The highest BCUT2D eigenvalue weighted by atomic mass is 32.2. The Labute approximate surface area is 140 Å². The largest absolute Gasteiger partial charge is 0.368 e. The molecule has 0 aromatic rings. The van der Waals surface area contributed by atoms with E-state index in [0.29, 0.717) is 19.0 Å². The van der Waals surface area contributed by atoms with Gasteiger partial charge in [0.1, 0.15) is 6.61 Å². The average Bonchev–Trinajstić information content (AvgIpc) is 2.51. The van der Waals surface area contributed by atoms with Crippen LogP contribution in [-0.4, -0.2) is 57.3 Å². The van der Waals surface area contributed by atoms with Crippen LogP contribution in [0, 0.1) is 5.92 Å². The van der Waals surface area contributed by atoms with E-state index in [1.165, 1.54) is 19.3 Å². The smallest absolute Gasteiger partial charge is 0.248 e. The fraction of sp³-hybridized carbons (Fsp3) is 0.938. The molecule has 1 saturated heterocycles. The minimum Gasteiger partial charge on any atom is -0.368 e. The number of nitrogens with zero attached hydrogens (tertiary/aromatic N) is 1. The Hall–Kier alpha value is -0.660. The van der Waals surface area contributed by atoms with Gasteiger partial charge in [0.05, 0.1) is 12.4 Å². The van der Waals surface area contributed by atoms with Crippen LogP contribution in [0.4, 0.5) is 0 Å². The summed E-state index contributed by atoms with van der Waals surface area (Å²) in [4.78, 5) is 14.3. The quantitative estimate of drug-likeness (QED) is 0.791. The molecule has 1 saturated carbocycles. The van der Waals surface area contributed by atoms with Crippen molar-refractivity contribution in [1.29, 1.82) is 0 Å². The number of sulfonamides is 1. The number of ether oxygens (including phenoxy) is 1. The van der Waals surface area contributed by atoms with Gasteiger partial charge in [0, 0.05) is 19.1 Å². The predicted octanol–water partition coefficient (Wildman–Crippen LogP) is 1.51. The molecule has 2 aliphatic rings. The standard InChI is InChI=1S/C16H30N2O4S/c1-13-7-3-4-9-15(13)22-12-16(19)18-10-6-5-8-14(18)11-17-23(2,20)21/h13-15,17H,3-12H2,1-2H3/t13-,14+,15-/m1/s1. The van der Waals surface area contributed by atoms with Gasteiger partial charge in [-0.15, -0.1) is 0 Å². The Kier molecular flexibility index (Phi) is 6.85. The van der Waals surface area contributed by atoms with Crippen molar-refractivity contribution < 1.29 is 17.9 Å². The lowest BCUT2D eigenvalue weighted by molar-refractivity contribution is -0.143. The third-order valence-corrected chi connectivity index (χ3v) is 5.67. The summed E-state index contributed by atoms with van der Waals surface area (Å²) in [7, 11) is -3.23. The van der Waals surface area contributed by atoms with Gasteiger partial charge in [0.15, 0.2) is 0 Å². The lowest BCUT2D eigenvalue weighted by Gasteiger charge is -2.36. The number of amides is 1. The van der Waals surface area contributed by atoms with Gasteiger partial charge in [-0.25, -0.2) is 13.1 Å². The van der Waals surface area contributed by atoms with Gasteiger partial charge in [-0.1, -0.05) is 19.8 Å². The molecule has 3 atom stereocenters. The van der Waals surface area contributed by atoms with Crippen molar-refractivity contribution in [2.24, 2.45) is 5.92 Å². The molecule has 6 nitrogen and oxygen atoms in total. The van der Waals surface area contributed by atoms with Gasteiger partial charge < -0.3 is 9.64 Å². The highest BCUT2D eigenvalue weighted by molar-refractivity contribution is 7.88. The number of piperidine rings is 1. The maximum atomic E-state index is 12.5. The second-order valence-corrected chi connectivity index (χ2v) is 8.80. The number of carbonyl (C=O) groups excluding carboxylic acids is 1. The Bertz CT molecular complexity index is 494. The molecule has 0 aromatic heterocycles. The number of rotatable bonds is 6. The molecule has 1 aliphatic heterocycles. The van der Waals surface area contributed by atoms with Gasteiger partial charge in [-0.05, 0) is 38.0 Å². The molecular weight excluding hydrogens is 316 g/mol. The lowest BCUT2D eigenvalue weighted by Crippen LogP contribution is -2.50. The predicted molar refractivity (Wildman–Crippen MR) is 89.6 cm³/mol. The molecule has 1 N–H and O–H groups in total. The number of likely N-dealkylation sites (tertiary alicyclic amines) is 1. The first-order chi connectivity index (χ1) is 10.9. The van der Waals surface area contributed by atoms with E-state index < -0.39 is 10.0 Å². The first-order valence-electron chi connectivity index (χ1n) is 8.72. The zero-order chi connectivity index (χ0) is 16.9. The maximum Gasteiger partial charge on any atom is 0.248 e. The number of hydrogen-bond donors (Lipinski definition) is 1. The summed E-state index contributed by atoms with van der Waals surface area (Å²) in [5, 5.41) is 0. The summed E-state index contributed by atoms with van der Waals surface area (Å²) in [6.07, 6.45) is 8.81. The summed E-state index contributed by atoms with van der Waals surface area (Å²) in [6.45, 7) is 3.29. The van der Waals surface area contributed by atoms with Crippen molar-refractivity contribution in [3.05, 3.63) is 0 Å². The molecule has 0 bridgehead atoms.